The van der Waals surface area contributed by atoms with Gasteiger partial charge >= 0.3 is 0 Å². The van der Waals surface area contributed by atoms with Crippen molar-refractivity contribution in [1.29, 1.82) is 0 Å². The SMILES string of the molecule is CS(=O)(=O)C1(C(=O)Nc2ccc(Nc3ccc(F)cc3)c3ccncc23)CCCC1. The van der Waals surface area contributed by atoms with E-state index >= 15 is 0 Å². The highest BCUT2D eigenvalue weighted by Gasteiger charge is 2.50. The van der Waals surface area contributed by atoms with Crippen molar-refractivity contribution in [3.8, 4) is 0 Å². The topological polar surface area (TPSA) is 88.2 Å². The molecule has 1 amide bonds. The van der Waals surface area contributed by atoms with E-state index in [-0.39, 0.29) is 5.82 Å². The van der Waals surface area contributed by atoms with Crippen molar-refractivity contribution in [2.24, 2.45) is 0 Å². The molecule has 1 heterocycles. The first-order valence-electron chi connectivity index (χ1n) is 9.71. The number of nitrogens with one attached hydrogen (secondary N) is 2. The van der Waals surface area contributed by atoms with E-state index in [0.29, 0.717) is 42.4 Å². The average molecular weight is 428 g/mol. The smallest absolute Gasteiger partial charge is 0.245 e. The van der Waals surface area contributed by atoms with Gasteiger partial charge in [0.1, 0.15) is 5.82 Å². The Morgan fingerprint density at radius 2 is 1.67 bits per heavy atom. The molecule has 8 heteroatoms. The van der Waals surface area contributed by atoms with Crippen LogP contribution in [-0.4, -0.2) is 30.3 Å². The van der Waals surface area contributed by atoms with Crippen LogP contribution in [0.5, 0.6) is 0 Å². The molecule has 1 aromatic heterocycles. The largest absolute Gasteiger partial charge is 0.355 e. The molecule has 1 fully saturated rings. The molecule has 30 heavy (non-hydrogen) atoms. The quantitative estimate of drug-likeness (QED) is 0.630. The lowest BCUT2D eigenvalue weighted by Gasteiger charge is -2.26. The van der Waals surface area contributed by atoms with Gasteiger partial charge in [-0.05, 0) is 55.3 Å². The minimum absolute atomic E-state index is 0.320. The Hall–Kier alpha value is -3.00. The van der Waals surface area contributed by atoms with Gasteiger partial charge in [0.25, 0.3) is 0 Å². The van der Waals surface area contributed by atoms with Crippen LogP contribution in [0.3, 0.4) is 0 Å². The van der Waals surface area contributed by atoms with Gasteiger partial charge in [-0.15, -0.1) is 0 Å². The van der Waals surface area contributed by atoms with Crippen LogP contribution >= 0.6 is 0 Å². The van der Waals surface area contributed by atoms with Crippen molar-refractivity contribution in [3.05, 3.63) is 60.7 Å². The predicted octanol–water partition coefficient (Wildman–Crippen LogP) is 4.41. The summed E-state index contributed by atoms with van der Waals surface area (Å²) in [6.07, 6.45) is 6.48. The molecule has 0 radical (unpaired) electrons. The molecule has 2 aromatic carbocycles. The number of hydrogen-bond donors (Lipinski definition) is 2. The summed E-state index contributed by atoms with van der Waals surface area (Å²) in [6.45, 7) is 0. The Morgan fingerprint density at radius 1 is 1.00 bits per heavy atom. The van der Waals surface area contributed by atoms with Gasteiger partial charge in [-0.1, -0.05) is 12.8 Å². The lowest BCUT2D eigenvalue weighted by molar-refractivity contribution is -0.118. The Kier molecular flexibility index (Phi) is 5.19. The lowest BCUT2D eigenvalue weighted by atomic mass is 10.0. The third kappa shape index (κ3) is 3.63. The fourth-order valence-electron chi connectivity index (χ4n) is 4.05. The van der Waals surface area contributed by atoms with Crippen molar-refractivity contribution < 1.29 is 17.6 Å². The van der Waals surface area contributed by atoms with Gasteiger partial charge in [-0.25, -0.2) is 12.8 Å². The highest BCUT2D eigenvalue weighted by atomic mass is 32.2. The zero-order valence-electron chi connectivity index (χ0n) is 16.5. The number of fused-ring (bicyclic) bond motifs is 1. The van der Waals surface area contributed by atoms with E-state index in [1.165, 1.54) is 12.1 Å². The van der Waals surface area contributed by atoms with Gasteiger partial charge in [-0.3, -0.25) is 9.78 Å². The standard InChI is InChI=1S/C22H22FN3O3S/c1-30(28,29)22(11-2-3-12-22)21(27)26-20-9-8-19(17-10-13-24-14-18(17)20)25-16-6-4-15(23)5-7-16/h4-10,13-14,25H,2-3,11-12H2,1H3,(H,26,27). The molecule has 2 N–H and O–H groups in total. The number of amides is 1. The van der Waals surface area contributed by atoms with E-state index in [1.54, 1.807) is 42.7 Å². The third-order valence-electron chi connectivity index (χ3n) is 5.72. The van der Waals surface area contributed by atoms with Crippen molar-refractivity contribution >= 4 is 43.6 Å². The number of hydrogen-bond acceptors (Lipinski definition) is 5. The first-order valence-corrected chi connectivity index (χ1v) is 11.6. The Bertz CT molecular complexity index is 1200. The summed E-state index contributed by atoms with van der Waals surface area (Å²) < 4.78 is 36.6. The number of pyridine rings is 1. The molecular weight excluding hydrogens is 405 g/mol. The molecule has 1 saturated carbocycles. The minimum Gasteiger partial charge on any atom is -0.355 e. The van der Waals surface area contributed by atoms with Gasteiger partial charge in [0.2, 0.25) is 5.91 Å². The fourth-order valence-corrected chi connectivity index (χ4v) is 5.46. The van der Waals surface area contributed by atoms with Crippen LogP contribution in [0.4, 0.5) is 21.5 Å². The maximum Gasteiger partial charge on any atom is 0.245 e. The van der Waals surface area contributed by atoms with Crippen molar-refractivity contribution in [3.63, 3.8) is 0 Å². The summed E-state index contributed by atoms with van der Waals surface area (Å²) >= 11 is 0. The number of rotatable bonds is 5. The molecule has 0 spiro atoms. The summed E-state index contributed by atoms with van der Waals surface area (Å²) in [6, 6.07) is 11.3. The van der Waals surface area contributed by atoms with Crippen LogP contribution in [0.15, 0.2) is 54.9 Å². The zero-order valence-corrected chi connectivity index (χ0v) is 17.3. The van der Waals surface area contributed by atoms with Crippen LogP contribution in [0, 0.1) is 5.82 Å². The third-order valence-corrected chi connectivity index (χ3v) is 7.74. The summed E-state index contributed by atoms with van der Waals surface area (Å²) in [5, 5.41) is 7.55. The van der Waals surface area contributed by atoms with Gasteiger partial charge in [-0.2, -0.15) is 0 Å². The van der Waals surface area contributed by atoms with E-state index in [9.17, 15) is 17.6 Å². The van der Waals surface area contributed by atoms with Crippen LogP contribution in [-0.2, 0) is 14.6 Å². The molecule has 1 aliphatic carbocycles. The van der Waals surface area contributed by atoms with E-state index in [1.807, 2.05) is 0 Å². The monoisotopic (exact) mass is 427 g/mol. The first kappa shape index (κ1) is 20.3. The van der Waals surface area contributed by atoms with Gasteiger partial charge in [0, 0.05) is 40.8 Å². The number of carbonyl (C=O) groups is 1. The molecule has 156 valence electrons. The molecule has 0 aliphatic heterocycles. The van der Waals surface area contributed by atoms with Crippen LogP contribution in [0.25, 0.3) is 10.8 Å². The van der Waals surface area contributed by atoms with Gasteiger partial charge in [0.05, 0.1) is 5.69 Å². The Morgan fingerprint density at radius 3 is 2.33 bits per heavy atom. The second-order valence-electron chi connectivity index (χ2n) is 7.64. The molecule has 1 aliphatic rings. The number of benzene rings is 2. The average Bonchev–Trinajstić information content (AvgIpc) is 3.23. The molecule has 3 aromatic rings. The fraction of sp³-hybridized carbons (Fsp3) is 0.273. The minimum atomic E-state index is -3.56. The highest BCUT2D eigenvalue weighted by molar-refractivity contribution is 7.92. The van der Waals surface area contributed by atoms with Gasteiger partial charge < -0.3 is 10.6 Å². The number of aromatic nitrogens is 1. The summed E-state index contributed by atoms with van der Waals surface area (Å²) in [4.78, 5) is 17.2. The van der Waals surface area contributed by atoms with E-state index in [2.05, 4.69) is 15.6 Å². The molecule has 4 rings (SSSR count). The molecule has 0 unspecified atom stereocenters. The molecule has 0 atom stereocenters. The van der Waals surface area contributed by atoms with Crippen molar-refractivity contribution in [1.82, 2.24) is 4.98 Å². The normalized spacial score (nSPS) is 15.8. The predicted molar refractivity (Wildman–Crippen MR) is 116 cm³/mol. The van der Waals surface area contributed by atoms with E-state index in [4.69, 9.17) is 0 Å². The van der Waals surface area contributed by atoms with Gasteiger partial charge in [0.15, 0.2) is 14.6 Å². The second kappa shape index (κ2) is 7.68. The molecule has 0 bridgehead atoms. The van der Waals surface area contributed by atoms with E-state index < -0.39 is 20.5 Å². The number of carbonyl (C=O) groups excluding carboxylic acids is 1. The number of halogens is 1. The van der Waals surface area contributed by atoms with E-state index in [0.717, 1.165) is 17.3 Å². The lowest BCUT2D eigenvalue weighted by Crippen LogP contribution is -2.47. The maximum absolute atomic E-state index is 13.2. The van der Waals surface area contributed by atoms with Crippen molar-refractivity contribution in [2.45, 2.75) is 30.4 Å². The molecule has 0 saturated heterocycles. The summed E-state index contributed by atoms with van der Waals surface area (Å²) in [5.74, 6) is -0.814. The van der Waals surface area contributed by atoms with Crippen molar-refractivity contribution in [2.75, 3.05) is 16.9 Å². The van der Waals surface area contributed by atoms with Crippen LogP contribution in [0.2, 0.25) is 0 Å². The Balaban J connectivity index is 1.69. The Labute approximate surface area is 174 Å². The summed E-state index contributed by atoms with van der Waals surface area (Å²) in [7, 11) is -3.56. The maximum atomic E-state index is 13.2. The zero-order chi connectivity index (χ0) is 21.4. The number of anilines is 3. The molecule has 6 nitrogen and oxygen atoms in total. The first-order chi connectivity index (χ1) is 14.3. The number of sulfone groups is 1. The summed E-state index contributed by atoms with van der Waals surface area (Å²) in [5.41, 5.74) is 1.98. The molecular formula is C22H22FN3O3S. The van der Waals surface area contributed by atoms with Crippen LogP contribution in [0.1, 0.15) is 25.7 Å². The highest BCUT2D eigenvalue weighted by Crippen LogP contribution is 2.39. The second-order valence-corrected chi connectivity index (χ2v) is 9.97. The van der Waals surface area contributed by atoms with Crippen LogP contribution < -0.4 is 10.6 Å². The number of nitrogens with zero attached hydrogens (tertiary/aromatic N) is 1.